The van der Waals surface area contributed by atoms with Gasteiger partial charge >= 0.3 is 0 Å². The van der Waals surface area contributed by atoms with Gasteiger partial charge in [0.25, 0.3) is 0 Å². The van der Waals surface area contributed by atoms with Crippen LogP contribution in [0.5, 0.6) is 0 Å². The van der Waals surface area contributed by atoms with E-state index >= 15 is 0 Å². The minimum atomic E-state index is 0.503. The van der Waals surface area contributed by atoms with E-state index in [1.54, 1.807) is 0 Å². The summed E-state index contributed by atoms with van der Waals surface area (Å²) in [6.45, 7) is 31.4. The second-order valence-electron chi connectivity index (χ2n) is 12.7. The summed E-state index contributed by atoms with van der Waals surface area (Å²) < 4.78 is 0. The van der Waals surface area contributed by atoms with Crippen molar-refractivity contribution in [2.24, 2.45) is 0 Å². The van der Waals surface area contributed by atoms with Gasteiger partial charge < -0.3 is 16.0 Å². The minimum absolute atomic E-state index is 0.503. The van der Waals surface area contributed by atoms with Gasteiger partial charge in [-0.3, -0.25) is 0 Å². The molecule has 0 saturated carbocycles. The first kappa shape index (κ1) is 31.2. The lowest BCUT2D eigenvalue weighted by atomic mass is 9.87. The van der Waals surface area contributed by atoms with Crippen molar-refractivity contribution in [3.8, 4) is 0 Å². The fraction of sp³-hybridized carbons (Fsp3) is 0.647. The van der Waals surface area contributed by atoms with Gasteiger partial charge in [-0.1, -0.05) is 107 Å². The lowest BCUT2D eigenvalue weighted by molar-refractivity contribution is 0.713. The fourth-order valence-corrected chi connectivity index (χ4v) is 5.00. The SMILES string of the molecule is CC(C)c1cc(C(C)C)c(NCCNCCNc2c(C(C)C)cc(C(C)C)cc2C(C)C)c(C(C)C)c1. The van der Waals surface area contributed by atoms with Crippen LogP contribution in [0.3, 0.4) is 0 Å². The summed E-state index contributed by atoms with van der Waals surface area (Å²) in [5, 5.41) is 11.3. The number of hydrogen-bond donors (Lipinski definition) is 3. The number of hydrogen-bond acceptors (Lipinski definition) is 3. The van der Waals surface area contributed by atoms with E-state index in [-0.39, 0.29) is 0 Å². The Labute approximate surface area is 229 Å². The molecule has 0 radical (unpaired) electrons. The quantitative estimate of drug-likeness (QED) is 0.223. The first-order valence-corrected chi connectivity index (χ1v) is 14.9. The molecule has 0 bridgehead atoms. The predicted octanol–water partition coefficient (Wildman–Crippen LogP) is 9.54. The van der Waals surface area contributed by atoms with Gasteiger partial charge in [0.15, 0.2) is 0 Å². The van der Waals surface area contributed by atoms with Crippen molar-refractivity contribution in [2.45, 2.75) is 119 Å². The van der Waals surface area contributed by atoms with Crippen molar-refractivity contribution in [1.82, 2.24) is 5.32 Å². The Hall–Kier alpha value is -2.00. The molecule has 0 aliphatic heterocycles. The third-order valence-electron chi connectivity index (χ3n) is 7.47. The topological polar surface area (TPSA) is 36.1 Å². The van der Waals surface area contributed by atoms with Gasteiger partial charge in [-0.25, -0.2) is 0 Å². The predicted molar refractivity (Wildman–Crippen MR) is 167 cm³/mol. The van der Waals surface area contributed by atoms with E-state index < -0.39 is 0 Å². The summed E-state index contributed by atoms with van der Waals surface area (Å²) in [6, 6.07) is 9.68. The molecule has 0 heterocycles. The van der Waals surface area contributed by atoms with Crippen LogP contribution in [-0.2, 0) is 0 Å². The van der Waals surface area contributed by atoms with E-state index in [0.29, 0.717) is 35.5 Å². The van der Waals surface area contributed by atoms with Crippen LogP contribution in [0.2, 0.25) is 0 Å². The van der Waals surface area contributed by atoms with Crippen molar-refractivity contribution < 1.29 is 0 Å². The highest BCUT2D eigenvalue weighted by molar-refractivity contribution is 5.63. The molecule has 0 spiro atoms. The molecule has 2 rings (SSSR count). The van der Waals surface area contributed by atoms with Gasteiger partial charge in [-0.15, -0.1) is 0 Å². The summed E-state index contributed by atoms with van der Waals surface area (Å²) in [5.41, 5.74) is 11.4. The van der Waals surface area contributed by atoms with Crippen molar-refractivity contribution >= 4 is 11.4 Å². The molecule has 37 heavy (non-hydrogen) atoms. The minimum Gasteiger partial charge on any atom is -0.383 e. The Kier molecular flexibility index (Phi) is 12.0. The highest BCUT2D eigenvalue weighted by atomic mass is 15.0. The van der Waals surface area contributed by atoms with E-state index in [1.807, 2.05) is 0 Å². The zero-order valence-electron chi connectivity index (χ0n) is 26.1. The molecule has 208 valence electrons. The van der Waals surface area contributed by atoms with Gasteiger partial charge in [0.05, 0.1) is 0 Å². The zero-order chi connectivity index (χ0) is 27.9. The van der Waals surface area contributed by atoms with E-state index in [9.17, 15) is 0 Å². The monoisotopic (exact) mass is 507 g/mol. The number of rotatable bonds is 14. The van der Waals surface area contributed by atoms with Gasteiger partial charge in [-0.05, 0) is 68.9 Å². The molecule has 0 aliphatic rings. The fourth-order valence-electron chi connectivity index (χ4n) is 5.00. The summed E-state index contributed by atoms with van der Waals surface area (Å²) in [4.78, 5) is 0. The largest absolute Gasteiger partial charge is 0.383 e. The lowest BCUT2D eigenvalue weighted by Crippen LogP contribution is -2.28. The molecule has 0 fully saturated rings. The smallest absolute Gasteiger partial charge is 0.0411 e. The molecule has 2 aromatic carbocycles. The Morgan fingerprint density at radius 1 is 0.405 bits per heavy atom. The van der Waals surface area contributed by atoms with Crippen LogP contribution in [0.25, 0.3) is 0 Å². The van der Waals surface area contributed by atoms with Crippen LogP contribution in [0, 0.1) is 0 Å². The average Bonchev–Trinajstić information content (AvgIpc) is 2.81. The van der Waals surface area contributed by atoms with Gasteiger partial charge in [-0.2, -0.15) is 0 Å². The van der Waals surface area contributed by atoms with Crippen molar-refractivity contribution in [2.75, 3.05) is 36.8 Å². The maximum Gasteiger partial charge on any atom is 0.0411 e. The molecule has 0 aromatic heterocycles. The molecular formula is C34H57N3. The van der Waals surface area contributed by atoms with Crippen molar-refractivity contribution in [3.63, 3.8) is 0 Å². The highest BCUT2D eigenvalue weighted by Crippen LogP contribution is 2.37. The normalized spacial score (nSPS) is 12.2. The second kappa shape index (κ2) is 14.2. The van der Waals surface area contributed by atoms with Gasteiger partial charge in [0, 0.05) is 37.6 Å². The van der Waals surface area contributed by atoms with E-state index in [1.165, 1.54) is 44.8 Å². The molecule has 3 nitrogen and oxygen atoms in total. The van der Waals surface area contributed by atoms with E-state index in [2.05, 4.69) is 123 Å². The van der Waals surface area contributed by atoms with E-state index in [4.69, 9.17) is 0 Å². The average molecular weight is 508 g/mol. The molecule has 0 atom stereocenters. The maximum atomic E-state index is 3.80. The molecule has 2 aromatic rings. The third kappa shape index (κ3) is 8.50. The molecule has 3 heteroatoms. The van der Waals surface area contributed by atoms with E-state index in [0.717, 1.165) is 26.2 Å². The molecule has 3 N–H and O–H groups in total. The molecule has 0 unspecified atom stereocenters. The lowest BCUT2D eigenvalue weighted by Gasteiger charge is -2.24. The Morgan fingerprint density at radius 3 is 0.892 bits per heavy atom. The van der Waals surface area contributed by atoms with Crippen molar-refractivity contribution in [1.29, 1.82) is 0 Å². The van der Waals surface area contributed by atoms with Crippen LogP contribution < -0.4 is 16.0 Å². The van der Waals surface area contributed by atoms with Crippen LogP contribution in [0.1, 0.15) is 152 Å². The zero-order valence-corrected chi connectivity index (χ0v) is 26.1. The maximum absolute atomic E-state index is 3.80. The Morgan fingerprint density at radius 2 is 0.676 bits per heavy atom. The van der Waals surface area contributed by atoms with Crippen LogP contribution >= 0.6 is 0 Å². The third-order valence-corrected chi connectivity index (χ3v) is 7.47. The number of nitrogens with one attached hydrogen (secondary N) is 3. The number of benzene rings is 2. The summed E-state index contributed by atoms with van der Waals surface area (Å²) in [6.07, 6.45) is 0. The van der Waals surface area contributed by atoms with Crippen LogP contribution in [-0.4, -0.2) is 26.2 Å². The molecule has 0 saturated heterocycles. The summed E-state index contributed by atoms with van der Waals surface area (Å²) in [5.74, 6) is 3.11. The molecule has 0 amide bonds. The first-order chi connectivity index (χ1) is 17.3. The number of anilines is 2. The summed E-state index contributed by atoms with van der Waals surface area (Å²) in [7, 11) is 0. The highest BCUT2D eigenvalue weighted by Gasteiger charge is 2.18. The van der Waals surface area contributed by atoms with Crippen molar-refractivity contribution in [3.05, 3.63) is 57.6 Å². The van der Waals surface area contributed by atoms with Gasteiger partial charge in [0.1, 0.15) is 0 Å². The van der Waals surface area contributed by atoms with Crippen LogP contribution in [0.15, 0.2) is 24.3 Å². The second-order valence-corrected chi connectivity index (χ2v) is 12.7. The first-order valence-electron chi connectivity index (χ1n) is 14.9. The Balaban J connectivity index is 2.02. The Bertz CT molecular complexity index is 845. The molecule has 0 aliphatic carbocycles. The van der Waals surface area contributed by atoms with Crippen LogP contribution in [0.4, 0.5) is 11.4 Å². The standard InChI is InChI=1S/C34H57N3/c1-21(2)27-17-29(23(5)6)33(30(18-27)24(7)8)36-15-13-35-14-16-37-34-31(25(9)10)19-28(22(3)4)20-32(34)26(11)12/h17-26,35-37H,13-16H2,1-12H3. The summed E-state index contributed by atoms with van der Waals surface area (Å²) >= 11 is 0. The van der Waals surface area contributed by atoms with Gasteiger partial charge in [0.2, 0.25) is 0 Å². The molecular weight excluding hydrogens is 450 g/mol.